The smallest absolute Gasteiger partial charge is 0.306 e. The van der Waals surface area contributed by atoms with Crippen molar-refractivity contribution >= 4 is 17.3 Å². The molecule has 1 spiro atoms. The summed E-state index contributed by atoms with van der Waals surface area (Å²) in [6, 6.07) is 31.7. The molecule has 1 amide bonds. The topological polar surface area (TPSA) is 45.1 Å². The molecule has 0 saturated carbocycles. The van der Waals surface area contributed by atoms with Crippen LogP contribution in [0.2, 0.25) is 0 Å². The highest BCUT2D eigenvalue weighted by Gasteiger charge is 2.63. The van der Waals surface area contributed by atoms with E-state index in [1.165, 1.54) is 12.1 Å². The molecule has 0 saturated heterocycles. The minimum atomic E-state index is -1.42. The Kier molecular flexibility index (Phi) is 4.51. The first-order chi connectivity index (χ1) is 17.6. The third-order valence-corrected chi connectivity index (χ3v) is 7.22. The molecule has 3 aliphatic rings. The fourth-order valence-electron chi connectivity index (χ4n) is 5.56. The van der Waals surface area contributed by atoms with Gasteiger partial charge in [0.05, 0.1) is 29.5 Å². The highest BCUT2D eigenvalue weighted by atomic mass is 19.1. The van der Waals surface area contributed by atoms with E-state index in [0.29, 0.717) is 18.7 Å². The molecule has 6 heteroatoms. The zero-order chi connectivity index (χ0) is 24.3. The van der Waals surface area contributed by atoms with Crippen LogP contribution >= 0.6 is 0 Å². The maximum absolute atomic E-state index is 14.4. The van der Waals surface area contributed by atoms with Crippen molar-refractivity contribution in [1.29, 1.82) is 0 Å². The number of hydrogen-bond donors (Lipinski definition) is 0. The van der Waals surface area contributed by atoms with Gasteiger partial charge in [-0.05, 0) is 35.4 Å². The molecule has 3 heterocycles. The van der Waals surface area contributed by atoms with Crippen molar-refractivity contribution in [2.75, 3.05) is 4.90 Å². The lowest BCUT2D eigenvalue weighted by molar-refractivity contribution is -0.164. The van der Waals surface area contributed by atoms with E-state index >= 15 is 0 Å². The van der Waals surface area contributed by atoms with E-state index in [4.69, 9.17) is 9.84 Å². The summed E-state index contributed by atoms with van der Waals surface area (Å²) in [5.41, 5.74) is 3.80. The quantitative estimate of drug-likeness (QED) is 0.378. The van der Waals surface area contributed by atoms with Gasteiger partial charge < -0.3 is 9.64 Å². The summed E-state index contributed by atoms with van der Waals surface area (Å²) in [5, 5.41) is 6.82. The first kappa shape index (κ1) is 20.9. The summed E-state index contributed by atoms with van der Waals surface area (Å²) >= 11 is 0. The molecule has 0 bridgehead atoms. The van der Waals surface area contributed by atoms with E-state index in [0.717, 1.165) is 33.7 Å². The van der Waals surface area contributed by atoms with Gasteiger partial charge in [-0.2, -0.15) is 5.10 Å². The van der Waals surface area contributed by atoms with Crippen molar-refractivity contribution in [3.63, 3.8) is 0 Å². The molecule has 4 aromatic carbocycles. The largest absolute Gasteiger partial charge is 0.453 e. The number of rotatable bonds is 3. The summed E-state index contributed by atoms with van der Waals surface area (Å²) in [7, 11) is 0. The summed E-state index contributed by atoms with van der Waals surface area (Å²) in [5.74, 6) is 0.215. The van der Waals surface area contributed by atoms with Gasteiger partial charge in [0.2, 0.25) is 0 Å². The van der Waals surface area contributed by atoms with Gasteiger partial charge in [-0.15, -0.1) is 0 Å². The molecular formula is C30H22FN3O2. The number of ether oxygens (including phenoxy) is 1. The lowest BCUT2D eigenvalue weighted by atomic mass is 9.92. The van der Waals surface area contributed by atoms with E-state index in [2.05, 4.69) is 0 Å². The van der Waals surface area contributed by atoms with Gasteiger partial charge >= 0.3 is 5.72 Å². The molecule has 36 heavy (non-hydrogen) atoms. The SMILES string of the molecule is O=C1N(Cc2ccccc2)c2ccccc2C12Oc1ccccc1C1CC(c3ccc(F)cc3)=NN12. The van der Waals surface area contributed by atoms with Crippen LogP contribution in [-0.2, 0) is 17.1 Å². The van der Waals surface area contributed by atoms with Crippen LogP contribution in [0.3, 0.4) is 0 Å². The maximum Gasteiger partial charge on any atom is 0.306 e. The normalized spacial score (nSPS) is 21.6. The van der Waals surface area contributed by atoms with Gasteiger partial charge in [-0.25, -0.2) is 9.40 Å². The fraction of sp³-hybridized carbons (Fsp3) is 0.133. The number of carbonyl (C=O) groups excluding carboxylic acids is 1. The highest BCUT2D eigenvalue weighted by Crippen LogP contribution is 2.55. The molecule has 5 nitrogen and oxygen atoms in total. The third-order valence-electron chi connectivity index (χ3n) is 7.22. The number of nitrogens with zero attached hydrogens (tertiary/aromatic N) is 3. The molecule has 0 fully saturated rings. The Morgan fingerprint density at radius 1 is 0.889 bits per heavy atom. The summed E-state index contributed by atoms with van der Waals surface area (Å²) in [4.78, 5) is 16.2. The molecule has 0 N–H and O–H groups in total. The number of amides is 1. The Morgan fingerprint density at radius 3 is 2.44 bits per heavy atom. The van der Waals surface area contributed by atoms with Crippen LogP contribution in [-0.4, -0.2) is 16.6 Å². The van der Waals surface area contributed by atoms with Gasteiger partial charge in [0.1, 0.15) is 11.6 Å². The Morgan fingerprint density at radius 2 is 1.61 bits per heavy atom. The molecule has 2 unspecified atom stereocenters. The summed E-state index contributed by atoms with van der Waals surface area (Å²) in [6.07, 6.45) is 0.585. The Bertz CT molecular complexity index is 1520. The van der Waals surface area contributed by atoms with Crippen molar-refractivity contribution in [2.45, 2.75) is 24.7 Å². The van der Waals surface area contributed by atoms with Crippen LogP contribution in [0.1, 0.15) is 34.7 Å². The van der Waals surface area contributed by atoms with Crippen molar-refractivity contribution in [3.05, 3.63) is 131 Å². The number of halogens is 1. The zero-order valence-corrected chi connectivity index (χ0v) is 19.3. The Labute approximate surface area is 208 Å². The molecule has 7 rings (SSSR count). The molecule has 0 radical (unpaired) electrons. The van der Waals surface area contributed by atoms with Crippen molar-refractivity contribution in [1.82, 2.24) is 5.01 Å². The van der Waals surface area contributed by atoms with Gasteiger partial charge in [-0.1, -0.05) is 78.9 Å². The van der Waals surface area contributed by atoms with Crippen molar-refractivity contribution < 1.29 is 13.9 Å². The number of hydrogen-bond acceptors (Lipinski definition) is 4. The van der Waals surface area contributed by atoms with Crippen LogP contribution < -0.4 is 9.64 Å². The van der Waals surface area contributed by atoms with Crippen LogP contribution in [0.15, 0.2) is 108 Å². The molecule has 4 aromatic rings. The zero-order valence-electron chi connectivity index (χ0n) is 19.3. The first-order valence-electron chi connectivity index (χ1n) is 12.0. The molecular weight excluding hydrogens is 453 g/mol. The first-order valence-corrected chi connectivity index (χ1v) is 12.0. The van der Waals surface area contributed by atoms with Gasteiger partial charge in [0.15, 0.2) is 0 Å². The second-order valence-corrected chi connectivity index (χ2v) is 9.30. The number of carbonyl (C=O) groups is 1. The minimum Gasteiger partial charge on any atom is -0.453 e. The fourth-order valence-corrected chi connectivity index (χ4v) is 5.56. The highest BCUT2D eigenvalue weighted by molar-refractivity contribution is 6.08. The number of benzene rings is 4. The van der Waals surface area contributed by atoms with E-state index in [1.807, 2.05) is 83.9 Å². The van der Waals surface area contributed by atoms with Gasteiger partial charge in [0, 0.05) is 12.0 Å². The average molecular weight is 476 g/mol. The van der Waals surface area contributed by atoms with Crippen molar-refractivity contribution in [2.24, 2.45) is 5.10 Å². The Hall–Kier alpha value is -4.45. The van der Waals surface area contributed by atoms with E-state index in [1.54, 1.807) is 17.0 Å². The number of para-hydroxylation sites is 2. The molecule has 2 atom stereocenters. The second-order valence-electron chi connectivity index (χ2n) is 9.30. The predicted molar refractivity (Wildman–Crippen MR) is 135 cm³/mol. The van der Waals surface area contributed by atoms with Gasteiger partial charge in [-0.3, -0.25) is 4.79 Å². The maximum atomic E-state index is 14.4. The predicted octanol–water partition coefficient (Wildman–Crippen LogP) is 5.77. The number of anilines is 1. The standard InChI is InChI=1S/C30H22FN3O2/c31-22-16-14-21(15-17-22)25-18-27-23-10-4-7-13-28(23)36-30(34(27)32-25)24-11-5-6-12-26(24)33(29(30)35)19-20-8-2-1-3-9-20/h1-17,27H,18-19H2. The van der Waals surface area contributed by atoms with Crippen LogP contribution in [0, 0.1) is 5.82 Å². The second kappa shape index (κ2) is 7.78. The molecule has 176 valence electrons. The monoisotopic (exact) mass is 475 g/mol. The lowest BCUT2D eigenvalue weighted by Gasteiger charge is -2.44. The minimum absolute atomic E-state index is 0.170. The Balaban J connectivity index is 1.40. The molecule has 0 aromatic heterocycles. The summed E-state index contributed by atoms with van der Waals surface area (Å²) < 4.78 is 20.3. The van der Waals surface area contributed by atoms with Crippen molar-refractivity contribution in [3.8, 4) is 5.75 Å². The molecule has 3 aliphatic heterocycles. The van der Waals surface area contributed by atoms with E-state index in [-0.39, 0.29) is 17.8 Å². The van der Waals surface area contributed by atoms with Crippen LogP contribution in [0.25, 0.3) is 0 Å². The summed E-state index contributed by atoms with van der Waals surface area (Å²) in [6.45, 7) is 0.427. The van der Waals surface area contributed by atoms with Crippen LogP contribution in [0.5, 0.6) is 5.75 Å². The number of hydrazone groups is 1. The molecule has 0 aliphatic carbocycles. The lowest BCUT2D eigenvalue weighted by Crippen LogP contribution is -2.57. The number of fused-ring (bicyclic) bond motifs is 6. The van der Waals surface area contributed by atoms with Crippen LogP contribution in [0.4, 0.5) is 10.1 Å². The van der Waals surface area contributed by atoms with E-state index in [9.17, 15) is 9.18 Å². The third kappa shape index (κ3) is 2.94. The van der Waals surface area contributed by atoms with Gasteiger partial charge in [0.25, 0.3) is 5.91 Å². The van der Waals surface area contributed by atoms with E-state index < -0.39 is 5.72 Å². The average Bonchev–Trinajstić information content (AvgIpc) is 3.46.